The van der Waals surface area contributed by atoms with Crippen LogP contribution in [0, 0.1) is 0 Å². The van der Waals surface area contributed by atoms with Crippen LogP contribution in [0.1, 0.15) is 23.5 Å². The second kappa shape index (κ2) is 7.14. The first-order valence-electron chi connectivity index (χ1n) is 7.98. The maximum Gasteiger partial charge on any atom is 0.416 e. The molecule has 0 aromatic heterocycles. The summed E-state index contributed by atoms with van der Waals surface area (Å²) in [5.41, 5.74) is 1.38. The van der Waals surface area contributed by atoms with Crippen LogP contribution in [0.15, 0.2) is 48.5 Å². The Balaban J connectivity index is 1.57. The van der Waals surface area contributed by atoms with Gasteiger partial charge in [0.05, 0.1) is 5.56 Å². The Labute approximate surface area is 143 Å². The third kappa shape index (κ3) is 4.51. The van der Waals surface area contributed by atoms with Gasteiger partial charge in [0, 0.05) is 17.9 Å². The van der Waals surface area contributed by atoms with Crippen LogP contribution in [-0.2, 0) is 6.18 Å². The monoisotopic (exact) mass is 349 g/mol. The van der Waals surface area contributed by atoms with Gasteiger partial charge in [-0.3, -0.25) is 0 Å². The van der Waals surface area contributed by atoms with E-state index in [9.17, 15) is 18.0 Å². The Morgan fingerprint density at radius 1 is 0.960 bits per heavy atom. The van der Waals surface area contributed by atoms with Crippen LogP contribution in [0.3, 0.4) is 0 Å². The van der Waals surface area contributed by atoms with E-state index < -0.39 is 17.8 Å². The molecule has 0 aliphatic carbocycles. The zero-order valence-electron chi connectivity index (χ0n) is 13.4. The van der Waals surface area contributed by atoms with Gasteiger partial charge in [0.1, 0.15) is 0 Å². The van der Waals surface area contributed by atoms with Gasteiger partial charge in [0.15, 0.2) is 0 Å². The van der Waals surface area contributed by atoms with E-state index in [0.717, 1.165) is 31.6 Å². The number of nitrogens with one attached hydrogen (secondary N) is 3. The fourth-order valence-electron chi connectivity index (χ4n) is 2.81. The van der Waals surface area contributed by atoms with Gasteiger partial charge >= 0.3 is 12.2 Å². The van der Waals surface area contributed by atoms with Crippen LogP contribution >= 0.6 is 0 Å². The van der Waals surface area contributed by atoms with Crippen LogP contribution in [0.5, 0.6) is 0 Å². The van der Waals surface area contributed by atoms with Gasteiger partial charge in [-0.15, -0.1) is 0 Å². The van der Waals surface area contributed by atoms with Crippen LogP contribution in [0.4, 0.5) is 29.3 Å². The summed E-state index contributed by atoms with van der Waals surface area (Å²) < 4.78 is 37.5. The number of anilines is 2. The number of urea groups is 1. The largest absolute Gasteiger partial charge is 0.416 e. The molecule has 3 N–H and O–H groups in total. The Hall–Kier alpha value is -2.54. The lowest BCUT2D eigenvalue weighted by Crippen LogP contribution is -2.19. The molecule has 2 aromatic carbocycles. The van der Waals surface area contributed by atoms with E-state index in [0.29, 0.717) is 17.3 Å². The van der Waals surface area contributed by atoms with Crippen LogP contribution in [0.2, 0.25) is 0 Å². The van der Waals surface area contributed by atoms with Crippen molar-refractivity contribution in [1.82, 2.24) is 5.32 Å². The molecule has 4 nitrogen and oxygen atoms in total. The number of rotatable bonds is 3. The standard InChI is InChI=1S/C18H18F3N3O/c19-18(20,21)14-3-7-16(8-4-14)24-17(25)23-15-5-1-12(2-6-15)13-9-10-22-11-13/h1-8,13,22H,9-11H2,(H2,23,24,25)/t13-/m0/s1. The Morgan fingerprint density at radius 3 is 2.00 bits per heavy atom. The van der Waals surface area contributed by atoms with Crippen molar-refractivity contribution in [2.75, 3.05) is 23.7 Å². The maximum atomic E-state index is 12.5. The summed E-state index contributed by atoms with van der Waals surface area (Å²) in [4.78, 5) is 12.0. The van der Waals surface area contributed by atoms with E-state index >= 15 is 0 Å². The number of hydrogen-bond acceptors (Lipinski definition) is 2. The molecular weight excluding hydrogens is 331 g/mol. The third-order valence-corrected chi connectivity index (χ3v) is 4.17. The van der Waals surface area contributed by atoms with Crippen molar-refractivity contribution in [1.29, 1.82) is 0 Å². The van der Waals surface area contributed by atoms with Gasteiger partial charge in [0.25, 0.3) is 0 Å². The number of amides is 2. The minimum absolute atomic E-state index is 0.291. The summed E-state index contributed by atoms with van der Waals surface area (Å²) >= 11 is 0. The molecule has 1 atom stereocenters. The average Bonchev–Trinajstić information content (AvgIpc) is 3.09. The molecular formula is C18H18F3N3O. The van der Waals surface area contributed by atoms with Crippen molar-refractivity contribution in [3.05, 3.63) is 59.7 Å². The maximum absolute atomic E-state index is 12.5. The highest BCUT2D eigenvalue weighted by Gasteiger charge is 2.30. The zero-order valence-corrected chi connectivity index (χ0v) is 13.4. The Morgan fingerprint density at radius 2 is 1.52 bits per heavy atom. The van der Waals surface area contributed by atoms with Crippen molar-refractivity contribution < 1.29 is 18.0 Å². The van der Waals surface area contributed by atoms with Crippen molar-refractivity contribution in [2.45, 2.75) is 18.5 Å². The fourth-order valence-corrected chi connectivity index (χ4v) is 2.81. The van der Waals surface area contributed by atoms with E-state index in [1.165, 1.54) is 17.7 Å². The minimum Gasteiger partial charge on any atom is -0.316 e. The second-order valence-corrected chi connectivity index (χ2v) is 5.97. The predicted molar refractivity (Wildman–Crippen MR) is 90.8 cm³/mol. The van der Waals surface area contributed by atoms with Gasteiger partial charge in [-0.05, 0) is 60.8 Å². The molecule has 132 valence electrons. The fraction of sp³-hybridized carbons (Fsp3) is 0.278. The third-order valence-electron chi connectivity index (χ3n) is 4.17. The van der Waals surface area contributed by atoms with Gasteiger partial charge in [-0.1, -0.05) is 12.1 Å². The van der Waals surface area contributed by atoms with Crippen LogP contribution < -0.4 is 16.0 Å². The Bertz CT molecular complexity index is 721. The highest BCUT2D eigenvalue weighted by molar-refractivity contribution is 5.99. The van der Waals surface area contributed by atoms with Gasteiger partial charge in [-0.2, -0.15) is 13.2 Å². The summed E-state index contributed by atoms with van der Waals surface area (Å²) in [6.07, 6.45) is -3.29. The van der Waals surface area contributed by atoms with E-state index in [4.69, 9.17) is 0 Å². The van der Waals surface area contributed by atoms with E-state index in [1.54, 1.807) is 0 Å². The molecule has 1 aliphatic heterocycles. The molecule has 3 rings (SSSR count). The first-order valence-corrected chi connectivity index (χ1v) is 7.98. The van der Waals surface area contributed by atoms with Crippen molar-refractivity contribution in [2.24, 2.45) is 0 Å². The summed E-state index contributed by atoms with van der Waals surface area (Å²) in [6, 6.07) is 11.4. The molecule has 2 amide bonds. The Kier molecular flexibility index (Phi) is 4.94. The van der Waals surface area contributed by atoms with E-state index in [-0.39, 0.29) is 0 Å². The predicted octanol–water partition coefficient (Wildman–Crippen LogP) is 4.43. The molecule has 1 saturated heterocycles. The average molecular weight is 349 g/mol. The van der Waals surface area contributed by atoms with Crippen molar-refractivity contribution in [3.8, 4) is 0 Å². The lowest BCUT2D eigenvalue weighted by Gasteiger charge is -2.12. The highest BCUT2D eigenvalue weighted by atomic mass is 19.4. The van der Waals surface area contributed by atoms with E-state index in [1.807, 2.05) is 24.3 Å². The normalized spacial score (nSPS) is 17.3. The SMILES string of the molecule is O=C(Nc1ccc([C@H]2CCNC2)cc1)Nc1ccc(C(F)(F)F)cc1. The number of carbonyl (C=O) groups is 1. The zero-order chi connectivity index (χ0) is 17.9. The molecule has 1 heterocycles. The lowest BCUT2D eigenvalue weighted by molar-refractivity contribution is -0.137. The molecule has 1 fully saturated rings. The molecule has 2 aromatic rings. The van der Waals surface area contributed by atoms with Crippen LogP contribution in [0.25, 0.3) is 0 Å². The molecule has 0 spiro atoms. The van der Waals surface area contributed by atoms with Gasteiger partial charge in [-0.25, -0.2) is 4.79 Å². The quantitative estimate of drug-likeness (QED) is 0.768. The van der Waals surface area contributed by atoms with Gasteiger partial charge in [0.2, 0.25) is 0 Å². The molecule has 0 bridgehead atoms. The molecule has 1 aliphatic rings. The first kappa shape index (κ1) is 17.3. The number of carbonyl (C=O) groups excluding carboxylic acids is 1. The summed E-state index contributed by atoms with van der Waals surface area (Å²) in [5.74, 6) is 0.495. The van der Waals surface area contributed by atoms with E-state index in [2.05, 4.69) is 16.0 Å². The molecule has 0 unspecified atom stereocenters. The summed E-state index contributed by atoms with van der Waals surface area (Å²) in [5, 5.41) is 8.48. The van der Waals surface area contributed by atoms with Crippen LogP contribution in [-0.4, -0.2) is 19.1 Å². The minimum atomic E-state index is -4.39. The number of benzene rings is 2. The number of halogens is 3. The lowest BCUT2D eigenvalue weighted by atomic mass is 9.98. The molecule has 25 heavy (non-hydrogen) atoms. The molecule has 0 radical (unpaired) electrons. The number of alkyl halides is 3. The smallest absolute Gasteiger partial charge is 0.316 e. The van der Waals surface area contributed by atoms with Crippen molar-refractivity contribution in [3.63, 3.8) is 0 Å². The number of hydrogen-bond donors (Lipinski definition) is 3. The molecule has 7 heteroatoms. The summed E-state index contributed by atoms with van der Waals surface area (Å²) in [6.45, 7) is 1.97. The molecule has 0 saturated carbocycles. The summed E-state index contributed by atoms with van der Waals surface area (Å²) in [7, 11) is 0. The van der Waals surface area contributed by atoms with Crippen molar-refractivity contribution >= 4 is 17.4 Å². The first-order chi connectivity index (χ1) is 11.9. The topological polar surface area (TPSA) is 53.2 Å². The highest BCUT2D eigenvalue weighted by Crippen LogP contribution is 2.30. The van der Waals surface area contributed by atoms with Gasteiger partial charge < -0.3 is 16.0 Å². The second-order valence-electron chi connectivity index (χ2n) is 5.97.